The molecule has 0 unspecified atom stereocenters. The number of anilines is 1. The van der Waals surface area contributed by atoms with Crippen molar-refractivity contribution < 1.29 is 9.15 Å². The van der Waals surface area contributed by atoms with Gasteiger partial charge in [0.1, 0.15) is 16.2 Å². The number of hydrogen-bond acceptors (Lipinski definition) is 4. The van der Waals surface area contributed by atoms with Crippen LogP contribution in [0, 0.1) is 0 Å². The predicted octanol–water partition coefficient (Wildman–Crippen LogP) is 3.06. The lowest BCUT2D eigenvalue weighted by molar-refractivity contribution is 0.410. The predicted molar refractivity (Wildman–Crippen MR) is 64.5 cm³/mol. The first-order chi connectivity index (χ1) is 7.79. The minimum Gasteiger partial charge on any atom is -0.494 e. The minimum atomic E-state index is 0.610. The number of ether oxygens (including phenoxy) is 1. The van der Waals surface area contributed by atoms with E-state index in [1.54, 1.807) is 13.4 Å². The highest BCUT2D eigenvalue weighted by Gasteiger charge is 2.03. The Morgan fingerprint density at radius 3 is 2.94 bits per heavy atom. The van der Waals surface area contributed by atoms with Crippen molar-refractivity contribution in [1.82, 2.24) is 4.98 Å². The molecule has 0 aromatic carbocycles. The number of hydrogen-bond donors (Lipinski definition) is 1. The fraction of sp³-hybridized carbons (Fsp3) is 0.182. The molecule has 2 aromatic rings. The summed E-state index contributed by atoms with van der Waals surface area (Å²) in [5, 5.41) is 3.15. The van der Waals surface area contributed by atoms with E-state index < -0.39 is 0 Å². The maximum absolute atomic E-state index is 5.20. The summed E-state index contributed by atoms with van der Waals surface area (Å²) in [6.07, 6.45) is 1.65. The Labute approximate surface area is 102 Å². The van der Waals surface area contributed by atoms with Gasteiger partial charge in [-0.1, -0.05) is 0 Å². The molecule has 0 saturated heterocycles. The van der Waals surface area contributed by atoms with Crippen LogP contribution < -0.4 is 10.1 Å². The van der Waals surface area contributed by atoms with Gasteiger partial charge in [-0.15, -0.1) is 0 Å². The van der Waals surface area contributed by atoms with E-state index in [-0.39, 0.29) is 0 Å². The molecule has 0 fully saturated rings. The van der Waals surface area contributed by atoms with E-state index in [0.29, 0.717) is 16.9 Å². The maximum atomic E-state index is 5.20. The van der Waals surface area contributed by atoms with E-state index in [4.69, 9.17) is 9.15 Å². The zero-order valence-electron chi connectivity index (χ0n) is 8.74. The number of aromatic nitrogens is 1. The lowest BCUT2D eigenvalue weighted by atomic mass is 10.4. The number of pyridine rings is 1. The fourth-order valence-corrected chi connectivity index (χ4v) is 1.75. The first kappa shape index (κ1) is 11.0. The van der Waals surface area contributed by atoms with Crippen LogP contribution in [0.25, 0.3) is 0 Å². The topological polar surface area (TPSA) is 47.3 Å². The van der Waals surface area contributed by atoms with Gasteiger partial charge in [0, 0.05) is 0 Å². The molecule has 2 heterocycles. The minimum absolute atomic E-state index is 0.610. The maximum Gasteiger partial charge on any atom is 0.151 e. The van der Waals surface area contributed by atoms with E-state index in [0.717, 1.165) is 11.6 Å². The highest BCUT2D eigenvalue weighted by atomic mass is 79.9. The molecule has 0 radical (unpaired) electrons. The Kier molecular flexibility index (Phi) is 3.46. The highest BCUT2D eigenvalue weighted by Crippen LogP contribution is 2.24. The molecule has 0 bridgehead atoms. The largest absolute Gasteiger partial charge is 0.494 e. The van der Waals surface area contributed by atoms with E-state index >= 15 is 0 Å². The van der Waals surface area contributed by atoms with Crippen molar-refractivity contribution in [3.8, 4) is 5.75 Å². The quantitative estimate of drug-likeness (QED) is 0.876. The van der Waals surface area contributed by atoms with E-state index in [9.17, 15) is 0 Å². The zero-order chi connectivity index (χ0) is 11.4. The molecule has 0 aliphatic heterocycles. The van der Waals surface area contributed by atoms with Gasteiger partial charge in [-0.2, -0.15) is 0 Å². The molecule has 0 aliphatic rings. The SMILES string of the molecule is COc1ccc(NCc2ccco2)nc1Br. The van der Waals surface area contributed by atoms with Crippen LogP contribution in [-0.2, 0) is 6.54 Å². The van der Waals surface area contributed by atoms with Gasteiger partial charge in [-0.05, 0) is 40.2 Å². The average Bonchev–Trinajstić information content (AvgIpc) is 2.79. The third-order valence-corrected chi connectivity index (χ3v) is 2.63. The van der Waals surface area contributed by atoms with Gasteiger partial charge in [-0.25, -0.2) is 4.98 Å². The number of halogens is 1. The zero-order valence-corrected chi connectivity index (χ0v) is 10.3. The molecule has 16 heavy (non-hydrogen) atoms. The molecule has 0 aliphatic carbocycles. The molecular weight excluding hydrogens is 272 g/mol. The van der Waals surface area contributed by atoms with Gasteiger partial charge in [-0.3, -0.25) is 0 Å². The second-order valence-electron chi connectivity index (χ2n) is 3.12. The molecule has 0 saturated carbocycles. The number of methoxy groups -OCH3 is 1. The smallest absolute Gasteiger partial charge is 0.151 e. The molecule has 5 heteroatoms. The van der Waals surface area contributed by atoms with Crippen LogP contribution in [0.5, 0.6) is 5.75 Å². The van der Waals surface area contributed by atoms with Gasteiger partial charge in [0.15, 0.2) is 5.75 Å². The van der Waals surface area contributed by atoms with Crippen molar-refractivity contribution >= 4 is 21.7 Å². The van der Waals surface area contributed by atoms with E-state index in [2.05, 4.69) is 26.2 Å². The molecule has 1 N–H and O–H groups in total. The van der Waals surface area contributed by atoms with Crippen LogP contribution >= 0.6 is 15.9 Å². The standard InChI is InChI=1S/C11H11BrN2O2/c1-15-9-4-5-10(14-11(9)12)13-7-8-3-2-6-16-8/h2-6H,7H2,1H3,(H,13,14). The summed E-state index contributed by atoms with van der Waals surface area (Å²) < 4.78 is 11.0. The summed E-state index contributed by atoms with van der Waals surface area (Å²) in [4.78, 5) is 4.28. The summed E-state index contributed by atoms with van der Waals surface area (Å²) in [5.74, 6) is 2.35. The number of nitrogens with one attached hydrogen (secondary N) is 1. The fourth-order valence-electron chi connectivity index (χ4n) is 1.26. The van der Waals surface area contributed by atoms with Crippen molar-refractivity contribution in [2.75, 3.05) is 12.4 Å². The van der Waals surface area contributed by atoms with Crippen LogP contribution in [0.2, 0.25) is 0 Å². The van der Waals surface area contributed by atoms with Gasteiger partial charge >= 0.3 is 0 Å². The van der Waals surface area contributed by atoms with Crippen molar-refractivity contribution in [3.05, 3.63) is 40.9 Å². The molecule has 0 spiro atoms. The molecule has 2 aromatic heterocycles. The third-order valence-electron chi connectivity index (χ3n) is 2.06. The van der Waals surface area contributed by atoms with E-state index in [1.165, 1.54) is 0 Å². The van der Waals surface area contributed by atoms with Crippen molar-refractivity contribution in [2.45, 2.75) is 6.54 Å². The Balaban J connectivity index is 2.02. The molecule has 2 rings (SSSR count). The first-order valence-electron chi connectivity index (χ1n) is 4.76. The lowest BCUT2D eigenvalue weighted by Crippen LogP contribution is -2.00. The second-order valence-corrected chi connectivity index (χ2v) is 3.87. The summed E-state index contributed by atoms with van der Waals surface area (Å²) in [5.41, 5.74) is 0. The number of rotatable bonds is 4. The summed E-state index contributed by atoms with van der Waals surface area (Å²) in [6, 6.07) is 7.47. The van der Waals surface area contributed by atoms with Crippen LogP contribution in [0.4, 0.5) is 5.82 Å². The second kappa shape index (κ2) is 5.03. The molecule has 84 valence electrons. The summed E-state index contributed by atoms with van der Waals surface area (Å²) in [7, 11) is 1.61. The molecule has 0 atom stereocenters. The van der Waals surface area contributed by atoms with Crippen molar-refractivity contribution in [3.63, 3.8) is 0 Å². The molecule has 4 nitrogen and oxygen atoms in total. The average molecular weight is 283 g/mol. The van der Waals surface area contributed by atoms with Gasteiger partial charge in [0.05, 0.1) is 19.9 Å². The number of nitrogens with zero attached hydrogens (tertiary/aromatic N) is 1. The van der Waals surface area contributed by atoms with Gasteiger partial charge in [0.25, 0.3) is 0 Å². The highest BCUT2D eigenvalue weighted by molar-refractivity contribution is 9.10. The normalized spacial score (nSPS) is 10.1. The Bertz CT molecular complexity index is 457. The number of furan rings is 1. The van der Waals surface area contributed by atoms with Crippen LogP contribution in [0.1, 0.15) is 5.76 Å². The monoisotopic (exact) mass is 282 g/mol. The summed E-state index contributed by atoms with van der Waals surface area (Å²) >= 11 is 3.33. The summed E-state index contributed by atoms with van der Waals surface area (Å²) in [6.45, 7) is 0.610. The van der Waals surface area contributed by atoms with Crippen LogP contribution in [0.3, 0.4) is 0 Å². The first-order valence-corrected chi connectivity index (χ1v) is 5.55. The molecule has 0 amide bonds. The third kappa shape index (κ3) is 2.55. The van der Waals surface area contributed by atoms with Crippen molar-refractivity contribution in [1.29, 1.82) is 0 Å². The van der Waals surface area contributed by atoms with Crippen molar-refractivity contribution in [2.24, 2.45) is 0 Å². The Morgan fingerprint density at radius 1 is 1.44 bits per heavy atom. The van der Waals surface area contributed by atoms with Gasteiger partial charge in [0.2, 0.25) is 0 Å². The lowest BCUT2D eigenvalue weighted by Gasteiger charge is -2.06. The van der Waals surface area contributed by atoms with Gasteiger partial charge < -0.3 is 14.5 Å². The molecular formula is C11H11BrN2O2. The Morgan fingerprint density at radius 2 is 2.31 bits per heavy atom. The van der Waals surface area contributed by atoms with Crippen LogP contribution in [0.15, 0.2) is 39.5 Å². The van der Waals surface area contributed by atoms with E-state index in [1.807, 2.05) is 24.3 Å². The Hall–Kier alpha value is -1.49. The van der Waals surface area contributed by atoms with Crippen LogP contribution in [-0.4, -0.2) is 12.1 Å².